The summed E-state index contributed by atoms with van der Waals surface area (Å²) in [4.78, 5) is 15.4. The molecule has 0 radical (unpaired) electrons. The predicted molar refractivity (Wildman–Crippen MR) is 85.6 cm³/mol. The lowest BCUT2D eigenvalue weighted by molar-refractivity contribution is 0.0570. The van der Waals surface area contributed by atoms with Crippen LogP contribution in [0.25, 0.3) is 0 Å². The molecule has 124 valence electrons. The van der Waals surface area contributed by atoms with Gasteiger partial charge in [0.15, 0.2) is 0 Å². The molecule has 0 aliphatic rings. The maximum atomic E-state index is 11.9. The highest BCUT2D eigenvalue weighted by Gasteiger charge is 2.22. The third kappa shape index (κ3) is 6.25. The van der Waals surface area contributed by atoms with E-state index in [1.54, 1.807) is 25.5 Å². The standard InChI is InChI=1S/C12H17Cl2N3O4S/c1-12(2,3)21-11(18)17-22(19,20)16-9-5-7-15-10(14)8(9)4-6-13/h5,7H,4,6H2,1-3H3,(H,15,16)(H,17,18). The highest BCUT2D eigenvalue weighted by atomic mass is 35.5. The Kier molecular flexibility index (Phi) is 6.27. The van der Waals surface area contributed by atoms with Crippen LogP contribution in [0.15, 0.2) is 12.3 Å². The Hall–Kier alpha value is -1.25. The summed E-state index contributed by atoms with van der Waals surface area (Å²) in [7, 11) is -4.17. The van der Waals surface area contributed by atoms with E-state index in [2.05, 4.69) is 9.71 Å². The Balaban J connectivity index is 2.89. The van der Waals surface area contributed by atoms with Crippen LogP contribution >= 0.6 is 23.2 Å². The summed E-state index contributed by atoms with van der Waals surface area (Å²) in [5.41, 5.74) is -0.186. The molecule has 1 aromatic heterocycles. The van der Waals surface area contributed by atoms with Crippen LogP contribution in [-0.2, 0) is 21.4 Å². The smallest absolute Gasteiger partial charge is 0.422 e. The minimum atomic E-state index is -4.17. The lowest BCUT2D eigenvalue weighted by Gasteiger charge is -2.20. The van der Waals surface area contributed by atoms with Crippen molar-refractivity contribution in [2.75, 3.05) is 10.6 Å². The second-order valence-electron chi connectivity index (χ2n) is 5.28. The first kappa shape index (κ1) is 18.8. The van der Waals surface area contributed by atoms with Crippen molar-refractivity contribution in [2.24, 2.45) is 0 Å². The van der Waals surface area contributed by atoms with Crippen LogP contribution in [0.1, 0.15) is 26.3 Å². The average molecular weight is 370 g/mol. The fourth-order valence-corrected chi connectivity index (χ4v) is 2.71. The van der Waals surface area contributed by atoms with Crippen molar-refractivity contribution in [1.29, 1.82) is 0 Å². The van der Waals surface area contributed by atoms with Gasteiger partial charge < -0.3 is 4.74 Å². The minimum Gasteiger partial charge on any atom is -0.443 e. The molecule has 1 amide bonds. The molecule has 1 aromatic rings. The zero-order chi connectivity index (χ0) is 17.0. The van der Waals surface area contributed by atoms with Gasteiger partial charge in [-0.15, -0.1) is 11.6 Å². The number of nitrogens with one attached hydrogen (secondary N) is 2. The third-order valence-corrected chi connectivity index (χ3v) is 3.65. The number of alkyl halides is 1. The van der Waals surface area contributed by atoms with Crippen LogP contribution in [0.5, 0.6) is 0 Å². The van der Waals surface area contributed by atoms with Crippen LogP contribution in [0.3, 0.4) is 0 Å². The fraction of sp³-hybridized carbons (Fsp3) is 0.500. The van der Waals surface area contributed by atoms with Crippen molar-refractivity contribution in [2.45, 2.75) is 32.8 Å². The molecule has 10 heteroatoms. The highest BCUT2D eigenvalue weighted by Crippen LogP contribution is 2.23. The number of carbonyl (C=O) groups excluding carboxylic acids is 1. The van der Waals surface area contributed by atoms with E-state index in [0.717, 1.165) is 0 Å². The average Bonchev–Trinajstić information content (AvgIpc) is 2.29. The number of halogens is 2. The zero-order valence-electron chi connectivity index (χ0n) is 12.3. The van der Waals surface area contributed by atoms with Gasteiger partial charge in [-0.1, -0.05) is 11.6 Å². The molecule has 0 saturated heterocycles. The normalized spacial score (nSPS) is 11.9. The number of pyridine rings is 1. The van der Waals surface area contributed by atoms with Crippen LogP contribution in [0.4, 0.5) is 10.5 Å². The van der Waals surface area contributed by atoms with E-state index in [1.165, 1.54) is 12.3 Å². The van der Waals surface area contributed by atoms with Gasteiger partial charge in [-0.05, 0) is 33.3 Å². The maximum Gasteiger partial charge on any atom is 0.422 e. The van der Waals surface area contributed by atoms with Gasteiger partial charge in [0.25, 0.3) is 0 Å². The van der Waals surface area contributed by atoms with E-state index >= 15 is 0 Å². The first-order chi connectivity index (χ1) is 10.0. The quantitative estimate of drug-likeness (QED) is 0.614. The number of carbonyl (C=O) groups is 1. The van der Waals surface area contributed by atoms with Crippen LogP contribution < -0.4 is 9.44 Å². The summed E-state index contributed by atoms with van der Waals surface area (Å²) in [5.74, 6) is 0.236. The molecule has 0 bridgehead atoms. The van der Waals surface area contributed by atoms with E-state index in [9.17, 15) is 13.2 Å². The Morgan fingerprint density at radius 1 is 1.41 bits per heavy atom. The van der Waals surface area contributed by atoms with Gasteiger partial charge in [-0.3, -0.25) is 4.72 Å². The van der Waals surface area contributed by atoms with Gasteiger partial charge in [-0.25, -0.2) is 14.5 Å². The predicted octanol–water partition coefficient (Wildman–Crippen LogP) is 2.70. The third-order valence-electron chi connectivity index (χ3n) is 2.21. The number of amides is 1. The monoisotopic (exact) mass is 369 g/mol. The van der Waals surface area contributed by atoms with E-state index in [1.807, 2.05) is 0 Å². The molecule has 0 saturated carbocycles. The molecular formula is C12H17Cl2N3O4S. The molecule has 0 aliphatic carbocycles. The van der Waals surface area contributed by atoms with Crippen LogP contribution in [0.2, 0.25) is 5.15 Å². The van der Waals surface area contributed by atoms with Gasteiger partial charge in [0.05, 0.1) is 5.69 Å². The number of hydrogen-bond acceptors (Lipinski definition) is 5. The lowest BCUT2D eigenvalue weighted by Crippen LogP contribution is -2.39. The van der Waals surface area contributed by atoms with E-state index < -0.39 is 21.9 Å². The molecule has 0 aromatic carbocycles. The summed E-state index contributed by atoms with van der Waals surface area (Å²) < 4.78 is 32.7. The summed E-state index contributed by atoms with van der Waals surface area (Å²) in [6.07, 6.45) is 0.572. The minimum absolute atomic E-state index is 0.137. The molecular weight excluding hydrogens is 353 g/mol. The van der Waals surface area contributed by atoms with E-state index in [0.29, 0.717) is 12.0 Å². The van der Waals surface area contributed by atoms with Crippen LogP contribution in [0, 0.1) is 0 Å². The van der Waals surface area contributed by atoms with Crippen molar-refractivity contribution in [3.8, 4) is 0 Å². The topological polar surface area (TPSA) is 97.4 Å². The van der Waals surface area contributed by atoms with Crippen molar-refractivity contribution in [3.05, 3.63) is 23.0 Å². The first-order valence-corrected chi connectivity index (χ1v) is 8.66. The first-order valence-electron chi connectivity index (χ1n) is 6.27. The molecule has 0 fully saturated rings. The molecule has 2 N–H and O–H groups in total. The molecule has 1 heterocycles. The summed E-state index contributed by atoms with van der Waals surface area (Å²) in [5, 5.41) is 0.137. The fourth-order valence-electron chi connectivity index (χ4n) is 1.47. The zero-order valence-corrected chi connectivity index (χ0v) is 14.6. The SMILES string of the molecule is CC(C)(C)OC(=O)NS(=O)(=O)Nc1ccnc(Cl)c1CCCl. The van der Waals surface area contributed by atoms with Gasteiger partial charge >= 0.3 is 16.3 Å². The number of anilines is 1. The van der Waals surface area contributed by atoms with Gasteiger partial charge in [0.1, 0.15) is 10.8 Å². The van der Waals surface area contributed by atoms with Crippen molar-refractivity contribution < 1.29 is 17.9 Å². The molecule has 1 rings (SSSR count). The van der Waals surface area contributed by atoms with Gasteiger partial charge in [0.2, 0.25) is 0 Å². The van der Waals surface area contributed by atoms with Gasteiger partial charge in [-0.2, -0.15) is 8.42 Å². The molecule has 7 nitrogen and oxygen atoms in total. The van der Waals surface area contributed by atoms with Crippen molar-refractivity contribution >= 4 is 45.2 Å². The number of nitrogens with zero attached hydrogens (tertiary/aromatic N) is 1. The second-order valence-corrected chi connectivity index (χ2v) is 7.43. The molecule has 22 heavy (non-hydrogen) atoms. The second kappa shape index (κ2) is 7.34. The molecule has 0 spiro atoms. The van der Waals surface area contributed by atoms with E-state index in [4.69, 9.17) is 27.9 Å². The number of hydrogen-bond donors (Lipinski definition) is 2. The van der Waals surface area contributed by atoms with Crippen molar-refractivity contribution in [3.63, 3.8) is 0 Å². The van der Waals surface area contributed by atoms with Crippen molar-refractivity contribution in [1.82, 2.24) is 9.71 Å². The Labute approximate surface area is 139 Å². The van der Waals surface area contributed by atoms with E-state index in [-0.39, 0.29) is 16.7 Å². The summed E-state index contributed by atoms with van der Waals surface area (Å²) in [6.45, 7) is 4.86. The van der Waals surface area contributed by atoms with Crippen LogP contribution in [-0.4, -0.2) is 31.0 Å². The van der Waals surface area contributed by atoms with Gasteiger partial charge in [0, 0.05) is 17.6 Å². The highest BCUT2D eigenvalue weighted by molar-refractivity contribution is 7.91. The molecule has 0 atom stereocenters. The Morgan fingerprint density at radius 2 is 2.05 bits per heavy atom. The number of ether oxygens (including phenoxy) is 1. The summed E-state index contributed by atoms with van der Waals surface area (Å²) >= 11 is 11.6. The lowest BCUT2D eigenvalue weighted by atomic mass is 10.2. The summed E-state index contributed by atoms with van der Waals surface area (Å²) in [6, 6.07) is 1.42. The maximum absolute atomic E-state index is 11.9. The largest absolute Gasteiger partial charge is 0.443 e. The molecule has 0 aliphatic heterocycles. The Morgan fingerprint density at radius 3 is 2.59 bits per heavy atom. The Bertz CT molecular complexity index is 644. The number of aromatic nitrogens is 1. The molecule has 0 unspecified atom stereocenters. The number of rotatable bonds is 5.